The molecule has 0 atom stereocenters. The number of hydrogen-bond donors (Lipinski definition) is 2. The Bertz CT molecular complexity index is 289. The molecular formula is C8H14ClN3O4. The number of piperazine rings is 1. The number of nitrogens with two attached hydrogens (primary N) is 1. The number of carbonyl (C=O) groups is 3. The summed E-state index contributed by atoms with van der Waals surface area (Å²) in [7, 11) is 0. The van der Waals surface area contributed by atoms with E-state index in [2.05, 4.69) is 0 Å². The maximum atomic E-state index is 11.3. The van der Waals surface area contributed by atoms with E-state index in [-0.39, 0.29) is 12.4 Å². The van der Waals surface area contributed by atoms with Crippen LogP contribution in [0.4, 0.5) is 4.79 Å². The van der Waals surface area contributed by atoms with E-state index in [9.17, 15) is 14.4 Å². The predicted molar refractivity (Wildman–Crippen MR) is 57.2 cm³/mol. The molecule has 0 aromatic carbocycles. The van der Waals surface area contributed by atoms with Gasteiger partial charge in [-0.25, -0.2) is 4.79 Å². The minimum Gasteiger partial charge on any atom is -0.481 e. The first kappa shape index (κ1) is 14.5. The molecule has 0 spiro atoms. The minimum atomic E-state index is -1.14. The van der Waals surface area contributed by atoms with Crippen molar-refractivity contribution in [1.82, 2.24) is 9.80 Å². The molecule has 1 heterocycles. The Morgan fingerprint density at radius 1 is 1.06 bits per heavy atom. The second-order valence-corrected chi connectivity index (χ2v) is 3.28. The standard InChI is InChI=1S/C8H13N3O4.ClH/c9-8(15)11-3-1-10(2-4-11)6(12)5-7(13)14;/h1-5H2,(H2,9,15)(H,13,14);1H. The summed E-state index contributed by atoms with van der Waals surface area (Å²) >= 11 is 0. The van der Waals surface area contributed by atoms with Crippen molar-refractivity contribution in [1.29, 1.82) is 0 Å². The number of carboxylic acid groups (broad SMARTS) is 1. The van der Waals surface area contributed by atoms with Crippen LogP contribution in [0.15, 0.2) is 0 Å². The third-order valence-corrected chi connectivity index (χ3v) is 2.25. The van der Waals surface area contributed by atoms with Crippen LogP contribution in [0.5, 0.6) is 0 Å². The number of amides is 3. The largest absolute Gasteiger partial charge is 0.481 e. The highest BCUT2D eigenvalue weighted by Gasteiger charge is 2.23. The molecule has 16 heavy (non-hydrogen) atoms. The molecule has 0 bridgehead atoms. The topological polar surface area (TPSA) is 104 Å². The van der Waals surface area contributed by atoms with Crippen LogP contribution >= 0.6 is 12.4 Å². The summed E-state index contributed by atoms with van der Waals surface area (Å²) in [5.41, 5.74) is 5.06. The van der Waals surface area contributed by atoms with Gasteiger partial charge in [-0.15, -0.1) is 12.4 Å². The van der Waals surface area contributed by atoms with Crippen LogP contribution in [-0.4, -0.2) is 59.0 Å². The van der Waals surface area contributed by atoms with Crippen LogP contribution in [-0.2, 0) is 9.59 Å². The van der Waals surface area contributed by atoms with Gasteiger partial charge in [0.1, 0.15) is 6.42 Å². The lowest BCUT2D eigenvalue weighted by molar-refractivity contribution is -0.144. The fraction of sp³-hybridized carbons (Fsp3) is 0.625. The van der Waals surface area contributed by atoms with Crippen LogP contribution in [0.3, 0.4) is 0 Å². The molecule has 0 aliphatic carbocycles. The highest BCUT2D eigenvalue weighted by molar-refractivity contribution is 5.93. The van der Waals surface area contributed by atoms with Crippen LogP contribution < -0.4 is 5.73 Å². The van der Waals surface area contributed by atoms with Crippen molar-refractivity contribution in [3.05, 3.63) is 0 Å². The van der Waals surface area contributed by atoms with Gasteiger partial charge in [0.2, 0.25) is 5.91 Å². The van der Waals surface area contributed by atoms with Gasteiger partial charge in [-0.2, -0.15) is 0 Å². The highest BCUT2D eigenvalue weighted by Crippen LogP contribution is 2.03. The number of halogens is 1. The zero-order valence-corrected chi connectivity index (χ0v) is 9.40. The van der Waals surface area contributed by atoms with Crippen molar-refractivity contribution in [3.63, 3.8) is 0 Å². The predicted octanol–water partition coefficient (Wildman–Crippen LogP) is -0.894. The lowest BCUT2D eigenvalue weighted by Crippen LogP contribution is -2.52. The molecule has 0 unspecified atom stereocenters. The van der Waals surface area contributed by atoms with Gasteiger partial charge in [-0.05, 0) is 0 Å². The number of primary amides is 1. The number of nitrogens with zero attached hydrogens (tertiary/aromatic N) is 2. The van der Waals surface area contributed by atoms with Crippen molar-refractivity contribution in [2.24, 2.45) is 5.73 Å². The van der Waals surface area contributed by atoms with Crippen LogP contribution in [0.1, 0.15) is 6.42 Å². The molecule has 3 amide bonds. The van der Waals surface area contributed by atoms with E-state index in [1.807, 2.05) is 0 Å². The van der Waals surface area contributed by atoms with Gasteiger partial charge in [-0.1, -0.05) is 0 Å². The van der Waals surface area contributed by atoms with Gasteiger partial charge < -0.3 is 20.6 Å². The molecule has 0 saturated carbocycles. The number of urea groups is 1. The molecular weight excluding hydrogens is 238 g/mol. The smallest absolute Gasteiger partial charge is 0.314 e. The molecule has 1 fully saturated rings. The molecule has 3 N–H and O–H groups in total. The monoisotopic (exact) mass is 251 g/mol. The van der Waals surface area contributed by atoms with E-state index in [0.29, 0.717) is 26.2 Å². The highest BCUT2D eigenvalue weighted by atomic mass is 35.5. The van der Waals surface area contributed by atoms with Crippen LogP contribution in [0.25, 0.3) is 0 Å². The molecule has 0 aromatic rings. The lowest BCUT2D eigenvalue weighted by Gasteiger charge is -2.33. The lowest BCUT2D eigenvalue weighted by atomic mass is 10.3. The van der Waals surface area contributed by atoms with Crippen molar-refractivity contribution < 1.29 is 19.5 Å². The van der Waals surface area contributed by atoms with E-state index < -0.39 is 24.3 Å². The first-order valence-electron chi connectivity index (χ1n) is 4.54. The number of aliphatic carboxylic acids is 1. The molecule has 1 saturated heterocycles. The Hall–Kier alpha value is -1.50. The van der Waals surface area contributed by atoms with E-state index >= 15 is 0 Å². The first-order valence-corrected chi connectivity index (χ1v) is 4.54. The van der Waals surface area contributed by atoms with Crippen molar-refractivity contribution >= 4 is 30.3 Å². The Labute approximate surface area is 98.6 Å². The van der Waals surface area contributed by atoms with Crippen molar-refractivity contribution in [3.8, 4) is 0 Å². The zero-order chi connectivity index (χ0) is 11.4. The van der Waals surface area contributed by atoms with Gasteiger partial charge in [-0.3, -0.25) is 9.59 Å². The normalized spacial score (nSPS) is 15.2. The third-order valence-electron chi connectivity index (χ3n) is 2.25. The fourth-order valence-electron chi connectivity index (χ4n) is 1.42. The van der Waals surface area contributed by atoms with Gasteiger partial charge in [0.25, 0.3) is 0 Å². The molecule has 92 valence electrons. The molecule has 1 aliphatic rings. The summed E-state index contributed by atoms with van der Waals surface area (Å²) in [4.78, 5) is 35.2. The quantitative estimate of drug-likeness (QED) is 0.621. The Morgan fingerprint density at radius 3 is 1.88 bits per heavy atom. The molecule has 1 aliphatic heterocycles. The van der Waals surface area contributed by atoms with E-state index in [0.717, 1.165) is 0 Å². The van der Waals surface area contributed by atoms with Gasteiger partial charge >= 0.3 is 12.0 Å². The third kappa shape index (κ3) is 3.93. The second-order valence-electron chi connectivity index (χ2n) is 3.28. The number of carboxylic acids is 1. The van der Waals surface area contributed by atoms with E-state index in [4.69, 9.17) is 10.8 Å². The van der Waals surface area contributed by atoms with Crippen LogP contribution in [0, 0.1) is 0 Å². The Kier molecular flexibility index (Phi) is 5.59. The number of carbonyl (C=O) groups excluding carboxylic acids is 2. The van der Waals surface area contributed by atoms with Crippen LogP contribution in [0.2, 0.25) is 0 Å². The molecule has 1 rings (SSSR count). The summed E-state index contributed by atoms with van der Waals surface area (Å²) in [5, 5.41) is 8.42. The summed E-state index contributed by atoms with van der Waals surface area (Å²) in [6.45, 7) is 1.41. The maximum absolute atomic E-state index is 11.3. The van der Waals surface area contributed by atoms with Crippen molar-refractivity contribution in [2.75, 3.05) is 26.2 Å². The molecule has 0 aromatic heterocycles. The summed E-state index contributed by atoms with van der Waals surface area (Å²) in [6.07, 6.45) is -0.503. The van der Waals surface area contributed by atoms with Crippen molar-refractivity contribution in [2.45, 2.75) is 6.42 Å². The number of rotatable bonds is 2. The Morgan fingerprint density at radius 2 is 1.50 bits per heavy atom. The Balaban J connectivity index is 0.00000225. The zero-order valence-electron chi connectivity index (χ0n) is 8.59. The van der Waals surface area contributed by atoms with Gasteiger partial charge in [0, 0.05) is 26.2 Å². The average Bonchev–Trinajstić information content (AvgIpc) is 2.17. The second kappa shape index (κ2) is 6.16. The number of hydrogen-bond acceptors (Lipinski definition) is 3. The van der Waals surface area contributed by atoms with Gasteiger partial charge in [0.05, 0.1) is 0 Å². The first-order chi connectivity index (χ1) is 7.00. The SMILES string of the molecule is Cl.NC(=O)N1CCN(C(=O)CC(=O)O)CC1. The summed E-state index contributed by atoms with van der Waals surface area (Å²) in [6, 6.07) is -0.514. The molecule has 0 radical (unpaired) electrons. The van der Waals surface area contributed by atoms with Gasteiger partial charge in [0.15, 0.2) is 0 Å². The van der Waals surface area contributed by atoms with E-state index in [1.54, 1.807) is 0 Å². The average molecular weight is 252 g/mol. The van der Waals surface area contributed by atoms with E-state index in [1.165, 1.54) is 9.80 Å². The fourth-order valence-corrected chi connectivity index (χ4v) is 1.42. The molecule has 7 nitrogen and oxygen atoms in total. The minimum absolute atomic E-state index is 0. The summed E-state index contributed by atoms with van der Waals surface area (Å²) in [5.74, 6) is -1.57. The summed E-state index contributed by atoms with van der Waals surface area (Å²) < 4.78 is 0. The molecule has 8 heteroatoms. The maximum Gasteiger partial charge on any atom is 0.314 e.